The number of carbonyl (C=O) groups is 2. The van der Waals surface area contributed by atoms with Gasteiger partial charge in [0, 0.05) is 10.9 Å². The molecular formula is C27H33ClN2O5. The number of benzene rings is 1. The highest BCUT2D eigenvalue weighted by Gasteiger charge is 2.36. The molecule has 0 saturated carbocycles. The van der Waals surface area contributed by atoms with E-state index in [2.05, 4.69) is 31.1 Å². The number of aromatic nitrogens is 1. The minimum atomic E-state index is -0.708. The summed E-state index contributed by atoms with van der Waals surface area (Å²) < 4.78 is 16.8. The van der Waals surface area contributed by atoms with Gasteiger partial charge in [0.15, 0.2) is 5.76 Å². The van der Waals surface area contributed by atoms with E-state index in [4.69, 9.17) is 25.5 Å². The molecule has 0 fully saturated rings. The van der Waals surface area contributed by atoms with Gasteiger partial charge in [-0.2, -0.15) is 0 Å². The number of furan rings is 1. The van der Waals surface area contributed by atoms with E-state index >= 15 is 0 Å². The Morgan fingerprint density at radius 2 is 1.60 bits per heavy atom. The second-order valence-electron chi connectivity index (χ2n) is 10.2. The molecule has 0 aliphatic heterocycles. The number of esters is 2. The molecule has 1 aromatic carbocycles. The lowest BCUT2D eigenvalue weighted by molar-refractivity contribution is 0.0481. The number of ether oxygens (including phenoxy) is 2. The largest absolute Gasteiger partial charge is 0.462 e. The molecule has 1 N–H and O–H groups in total. The Labute approximate surface area is 211 Å². The predicted molar refractivity (Wildman–Crippen MR) is 138 cm³/mol. The number of hydrogen-bond donors (Lipinski definition) is 1. The Hall–Kier alpha value is -3.06. The normalized spacial score (nSPS) is 12.0. The monoisotopic (exact) mass is 500 g/mol. The van der Waals surface area contributed by atoms with E-state index in [1.54, 1.807) is 19.9 Å². The molecule has 0 spiro atoms. The van der Waals surface area contributed by atoms with Crippen LogP contribution in [0.5, 0.6) is 0 Å². The van der Waals surface area contributed by atoms with Crippen molar-refractivity contribution in [1.29, 1.82) is 0 Å². The predicted octanol–water partition coefficient (Wildman–Crippen LogP) is 7.13. The molecule has 0 bridgehead atoms. The lowest BCUT2D eigenvalue weighted by Crippen LogP contribution is -2.35. The molecule has 0 aliphatic rings. The smallest absolute Gasteiger partial charge is 0.344 e. The molecule has 3 aromatic rings. The van der Waals surface area contributed by atoms with E-state index < -0.39 is 17.5 Å². The first-order valence-corrected chi connectivity index (χ1v) is 12.1. The van der Waals surface area contributed by atoms with Crippen LogP contribution >= 0.6 is 11.6 Å². The minimum Gasteiger partial charge on any atom is -0.462 e. The van der Waals surface area contributed by atoms with Crippen LogP contribution in [0.3, 0.4) is 0 Å². The number of nitrogens with zero attached hydrogens (tertiary/aromatic N) is 1. The number of carbonyl (C=O) groups excluding carboxylic acids is 2. The fraction of sp³-hybridized carbons (Fsp3) is 0.444. The Bertz CT molecular complexity index is 1240. The number of rotatable bonds is 8. The van der Waals surface area contributed by atoms with E-state index in [9.17, 15) is 9.59 Å². The van der Waals surface area contributed by atoms with Crippen LogP contribution in [0.25, 0.3) is 22.2 Å². The van der Waals surface area contributed by atoms with Gasteiger partial charge in [0.2, 0.25) is 5.88 Å². The SMILES string of the molecule is CCOC(=O)c1c(NC(C)(C)CC(C)(C)C)oc(-c2cc3ccccc3nc2Cl)c1C(=O)OCC. The van der Waals surface area contributed by atoms with Crippen molar-refractivity contribution in [1.82, 2.24) is 4.98 Å². The highest BCUT2D eigenvalue weighted by Crippen LogP contribution is 2.41. The van der Waals surface area contributed by atoms with Gasteiger partial charge in [-0.15, -0.1) is 0 Å². The van der Waals surface area contributed by atoms with Crippen LogP contribution in [0.1, 0.15) is 75.6 Å². The van der Waals surface area contributed by atoms with E-state index in [0.717, 1.165) is 11.8 Å². The molecule has 0 atom stereocenters. The van der Waals surface area contributed by atoms with Gasteiger partial charge in [-0.25, -0.2) is 14.6 Å². The zero-order valence-corrected chi connectivity index (χ0v) is 22.1. The topological polar surface area (TPSA) is 90.7 Å². The molecule has 2 heterocycles. The molecule has 188 valence electrons. The van der Waals surface area contributed by atoms with Crippen molar-refractivity contribution >= 4 is 40.3 Å². The third kappa shape index (κ3) is 6.14. The molecule has 0 unspecified atom stereocenters. The summed E-state index contributed by atoms with van der Waals surface area (Å²) in [6.45, 7) is 14.0. The maximum atomic E-state index is 13.2. The average Bonchev–Trinajstić information content (AvgIpc) is 3.10. The van der Waals surface area contributed by atoms with Gasteiger partial charge in [-0.05, 0) is 51.7 Å². The Balaban J connectivity index is 2.29. The minimum absolute atomic E-state index is 0.00837. The number of anilines is 1. The fourth-order valence-corrected chi connectivity index (χ4v) is 4.67. The first-order valence-electron chi connectivity index (χ1n) is 11.7. The van der Waals surface area contributed by atoms with E-state index in [1.165, 1.54) is 0 Å². The van der Waals surface area contributed by atoms with Crippen molar-refractivity contribution in [3.63, 3.8) is 0 Å². The van der Waals surface area contributed by atoms with Crippen LogP contribution in [0.2, 0.25) is 5.15 Å². The highest BCUT2D eigenvalue weighted by molar-refractivity contribution is 6.33. The number of fused-ring (bicyclic) bond motifs is 1. The van der Waals surface area contributed by atoms with Crippen LogP contribution in [0.4, 0.5) is 5.88 Å². The maximum Gasteiger partial charge on any atom is 0.344 e. The van der Waals surface area contributed by atoms with E-state index in [1.807, 2.05) is 38.1 Å². The molecule has 35 heavy (non-hydrogen) atoms. The highest BCUT2D eigenvalue weighted by atomic mass is 35.5. The van der Waals surface area contributed by atoms with Crippen molar-refractivity contribution in [3.8, 4) is 11.3 Å². The van der Waals surface area contributed by atoms with Gasteiger partial charge in [0.1, 0.15) is 16.3 Å². The van der Waals surface area contributed by atoms with Gasteiger partial charge in [-0.3, -0.25) is 0 Å². The van der Waals surface area contributed by atoms with Crippen molar-refractivity contribution in [3.05, 3.63) is 46.6 Å². The summed E-state index contributed by atoms with van der Waals surface area (Å²) in [5.41, 5.74) is 0.517. The average molecular weight is 501 g/mol. The summed E-state index contributed by atoms with van der Waals surface area (Å²) in [6.07, 6.45) is 0.755. The standard InChI is InChI=1S/C27H33ClN2O5/c1-8-33-24(31)19-20(25(32)34-9-2)23(30-27(6,7)15-26(3,4)5)35-21(19)17-14-16-12-10-11-13-18(16)29-22(17)28/h10-14,30H,8-9,15H2,1-7H3. The number of nitrogens with one attached hydrogen (secondary N) is 1. The van der Waals surface area contributed by atoms with Crippen molar-refractivity contribution in [2.75, 3.05) is 18.5 Å². The molecular weight excluding hydrogens is 468 g/mol. The Kier molecular flexibility index (Phi) is 7.80. The third-order valence-electron chi connectivity index (χ3n) is 5.21. The second-order valence-corrected chi connectivity index (χ2v) is 10.6. The van der Waals surface area contributed by atoms with Crippen LogP contribution in [0.15, 0.2) is 34.7 Å². The van der Waals surface area contributed by atoms with Gasteiger partial charge in [0.25, 0.3) is 0 Å². The number of halogens is 1. The van der Waals surface area contributed by atoms with Gasteiger partial charge in [-0.1, -0.05) is 50.6 Å². The molecule has 0 radical (unpaired) electrons. The van der Waals surface area contributed by atoms with Crippen molar-refractivity contribution in [2.24, 2.45) is 5.41 Å². The molecule has 0 aliphatic carbocycles. The summed E-state index contributed by atoms with van der Waals surface area (Å²) >= 11 is 6.55. The second kappa shape index (κ2) is 10.3. The quantitative estimate of drug-likeness (QED) is 0.260. The Morgan fingerprint density at radius 1 is 1.00 bits per heavy atom. The van der Waals surface area contributed by atoms with Crippen LogP contribution in [0, 0.1) is 5.41 Å². The van der Waals surface area contributed by atoms with E-state index in [-0.39, 0.29) is 46.6 Å². The number of hydrogen-bond acceptors (Lipinski definition) is 7. The van der Waals surface area contributed by atoms with Crippen LogP contribution in [-0.4, -0.2) is 35.7 Å². The molecule has 3 rings (SSSR count). The van der Waals surface area contributed by atoms with Crippen molar-refractivity contribution < 1.29 is 23.5 Å². The maximum absolute atomic E-state index is 13.2. The summed E-state index contributed by atoms with van der Waals surface area (Å²) in [6, 6.07) is 9.24. The summed E-state index contributed by atoms with van der Waals surface area (Å²) in [5.74, 6) is -1.17. The number of pyridine rings is 1. The summed E-state index contributed by atoms with van der Waals surface area (Å²) in [4.78, 5) is 30.8. The van der Waals surface area contributed by atoms with Gasteiger partial charge < -0.3 is 19.2 Å². The molecule has 0 saturated heterocycles. The first-order chi connectivity index (χ1) is 16.4. The van der Waals surface area contributed by atoms with Crippen molar-refractivity contribution in [2.45, 2.75) is 60.4 Å². The van der Waals surface area contributed by atoms with E-state index in [0.29, 0.717) is 11.1 Å². The molecule has 0 amide bonds. The molecule has 2 aromatic heterocycles. The summed E-state index contributed by atoms with van der Waals surface area (Å²) in [5, 5.41) is 4.27. The lowest BCUT2D eigenvalue weighted by atomic mass is 9.82. The van der Waals surface area contributed by atoms with Crippen LogP contribution < -0.4 is 5.32 Å². The number of para-hydroxylation sites is 1. The first kappa shape index (κ1) is 26.5. The fourth-order valence-electron chi connectivity index (χ4n) is 4.43. The zero-order chi connectivity index (χ0) is 26.0. The molecule has 7 nitrogen and oxygen atoms in total. The van der Waals surface area contributed by atoms with Crippen LogP contribution in [-0.2, 0) is 9.47 Å². The Morgan fingerprint density at radius 3 is 2.20 bits per heavy atom. The summed E-state index contributed by atoms with van der Waals surface area (Å²) in [7, 11) is 0. The van der Waals surface area contributed by atoms with Gasteiger partial charge in [0.05, 0.1) is 24.3 Å². The lowest BCUT2D eigenvalue weighted by Gasteiger charge is -2.33. The third-order valence-corrected chi connectivity index (χ3v) is 5.50. The van der Waals surface area contributed by atoms with Gasteiger partial charge >= 0.3 is 11.9 Å². The molecule has 8 heteroatoms. The zero-order valence-electron chi connectivity index (χ0n) is 21.4.